The molecule has 19 heavy (non-hydrogen) atoms. The number of carboxylic acids is 1. The molecule has 1 aromatic rings. The second-order valence-electron chi connectivity index (χ2n) is 5.36. The highest BCUT2D eigenvalue weighted by molar-refractivity contribution is 6.42. The van der Waals surface area contributed by atoms with Crippen molar-refractivity contribution >= 4 is 29.2 Å². The van der Waals surface area contributed by atoms with Gasteiger partial charge in [0.25, 0.3) is 0 Å². The van der Waals surface area contributed by atoms with Crippen molar-refractivity contribution in [2.24, 2.45) is 5.92 Å². The Kier molecular flexibility index (Phi) is 3.46. The van der Waals surface area contributed by atoms with Crippen molar-refractivity contribution in [3.05, 3.63) is 33.8 Å². The molecule has 0 aromatic heterocycles. The maximum absolute atomic E-state index is 11.2. The molecule has 1 aromatic carbocycles. The van der Waals surface area contributed by atoms with Crippen LogP contribution in [-0.2, 0) is 11.3 Å². The summed E-state index contributed by atoms with van der Waals surface area (Å²) in [6, 6.07) is 6.14. The minimum Gasteiger partial charge on any atom is -0.481 e. The molecule has 102 valence electrons. The van der Waals surface area contributed by atoms with Crippen LogP contribution >= 0.6 is 23.2 Å². The molecule has 0 radical (unpaired) electrons. The lowest BCUT2D eigenvalue weighted by molar-refractivity contribution is -0.142. The minimum atomic E-state index is -0.672. The van der Waals surface area contributed by atoms with Crippen LogP contribution in [0.15, 0.2) is 18.2 Å². The maximum Gasteiger partial charge on any atom is 0.308 e. The summed E-state index contributed by atoms with van der Waals surface area (Å²) in [5, 5.41) is 10.4. The van der Waals surface area contributed by atoms with E-state index in [4.69, 9.17) is 23.2 Å². The number of rotatable bonds is 3. The lowest BCUT2D eigenvalue weighted by Gasteiger charge is -2.23. The summed E-state index contributed by atoms with van der Waals surface area (Å²) in [7, 11) is 0. The number of fused-ring (bicyclic) bond motifs is 2. The summed E-state index contributed by atoms with van der Waals surface area (Å²) in [5.41, 5.74) is 0.983. The Balaban J connectivity index is 1.81. The SMILES string of the molecule is O=C(O)C1CC2CCC1N2Cc1cccc(Cl)c1Cl. The van der Waals surface area contributed by atoms with Crippen LogP contribution in [0.1, 0.15) is 24.8 Å². The van der Waals surface area contributed by atoms with E-state index in [0.717, 1.165) is 24.8 Å². The standard InChI is InChI=1S/C14H15Cl2NO2/c15-11-3-1-2-8(13(11)16)7-17-9-4-5-12(17)10(6-9)14(18)19/h1-3,9-10,12H,4-7H2,(H,18,19). The molecule has 2 fully saturated rings. The molecule has 3 atom stereocenters. The third-order valence-electron chi connectivity index (χ3n) is 4.38. The minimum absolute atomic E-state index is 0.151. The van der Waals surface area contributed by atoms with E-state index in [1.54, 1.807) is 6.07 Å². The molecule has 3 unspecified atom stereocenters. The predicted octanol–water partition coefficient (Wildman–Crippen LogP) is 3.43. The number of carboxylic acid groups (broad SMARTS) is 1. The molecule has 3 nitrogen and oxygen atoms in total. The number of carbonyl (C=O) groups is 1. The lowest BCUT2D eigenvalue weighted by Crippen LogP contribution is -2.32. The zero-order chi connectivity index (χ0) is 13.6. The van der Waals surface area contributed by atoms with Gasteiger partial charge in [-0.1, -0.05) is 35.3 Å². The number of benzene rings is 1. The van der Waals surface area contributed by atoms with Crippen LogP contribution in [-0.4, -0.2) is 28.1 Å². The third kappa shape index (κ3) is 2.24. The molecule has 1 N–H and O–H groups in total. The zero-order valence-electron chi connectivity index (χ0n) is 10.4. The molecule has 0 amide bonds. The van der Waals surface area contributed by atoms with Gasteiger partial charge in [-0.05, 0) is 30.9 Å². The fourth-order valence-electron chi connectivity index (χ4n) is 3.48. The molecule has 2 heterocycles. The van der Waals surface area contributed by atoms with Gasteiger partial charge in [0.1, 0.15) is 0 Å². The van der Waals surface area contributed by atoms with E-state index < -0.39 is 5.97 Å². The van der Waals surface area contributed by atoms with Crippen molar-refractivity contribution < 1.29 is 9.90 Å². The molecule has 0 saturated carbocycles. The quantitative estimate of drug-likeness (QED) is 0.929. The monoisotopic (exact) mass is 299 g/mol. The van der Waals surface area contributed by atoms with Gasteiger partial charge in [0.15, 0.2) is 0 Å². The molecule has 2 aliphatic heterocycles. The van der Waals surface area contributed by atoms with Gasteiger partial charge >= 0.3 is 5.97 Å². The van der Waals surface area contributed by atoms with Gasteiger partial charge in [-0.2, -0.15) is 0 Å². The summed E-state index contributed by atoms with van der Waals surface area (Å²) >= 11 is 12.2. The first-order chi connectivity index (χ1) is 9.08. The highest BCUT2D eigenvalue weighted by Gasteiger charge is 2.49. The van der Waals surface area contributed by atoms with Crippen LogP contribution in [0.25, 0.3) is 0 Å². The maximum atomic E-state index is 11.2. The lowest BCUT2D eigenvalue weighted by atomic mass is 9.89. The molecule has 0 spiro atoms. The topological polar surface area (TPSA) is 40.5 Å². The Labute approximate surface area is 122 Å². The predicted molar refractivity (Wildman–Crippen MR) is 74.6 cm³/mol. The molecule has 5 heteroatoms. The van der Waals surface area contributed by atoms with E-state index in [0.29, 0.717) is 22.6 Å². The van der Waals surface area contributed by atoms with Crippen molar-refractivity contribution in [3.63, 3.8) is 0 Å². The van der Waals surface area contributed by atoms with Crippen molar-refractivity contribution in [1.82, 2.24) is 4.90 Å². The van der Waals surface area contributed by atoms with Crippen LogP contribution in [0.4, 0.5) is 0 Å². The summed E-state index contributed by atoms with van der Waals surface area (Å²) in [5.74, 6) is -0.897. The van der Waals surface area contributed by atoms with Crippen molar-refractivity contribution in [1.29, 1.82) is 0 Å². The highest BCUT2D eigenvalue weighted by Crippen LogP contribution is 2.43. The smallest absolute Gasteiger partial charge is 0.308 e. The number of halogens is 2. The van der Waals surface area contributed by atoms with Gasteiger partial charge in [-0.25, -0.2) is 0 Å². The highest BCUT2D eigenvalue weighted by atomic mass is 35.5. The van der Waals surface area contributed by atoms with Gasteiger partial charge in [-0.15, -0.1) is 0 Å². The van der Waals surface area contributed by atoms with Crippen molar-refractivity contribution in [2.75, 3.05) is 0 Å². The number of hydrogen-bond donors (Lipinski definition) is 1. The summed E-state index contributed by atoms with van der Waals surface area (Å²) in [6.45, 7) is 0.693. The molecule has 3 rings (SSSR count). The average Bonchev–Trinajstić information content (AvgIpc) is 2.92. The van der Waals surface area contributed by atoms with Crippen molar-refractivity contribution in [3.8, 4) is 0 Å². The van der Waals surface area contributed by atoms with Gasteiger partial charge in [0.2, 0.25) is 0 Å². The Hall–Kier alpha value is -0.770. The normalized spacial score (nSPS) is 29.9. The fraction of sp³-hybridized carbons (Fsp3) is 0.500. The summed E-state index contributed by atoms with van der Waals surface area (Å²) < 4.78 is 0. The van der Waals surface area contributed by atoms with Gasteiger partial charge < -0.3 is 5.11 Å². The van der Waals surface area contributed by atoms with Crippen LogP contribution in [0.3, 0.4) is 0 Å². The van der Waals surface area contributed by atoms with Crippen molar-refractivity contribution in [2.45, 2.75) is 37.9 Å². The van der Waals surface area contributed by atoms with Gasteiger partial charge in [-0.3, -0.25) is 9.69 Å². The Morgan fingerprint density at radius 3 is 2.84 bits per heavy atom. The molecule has 2 bridgehead atoms. The fourth-order valence-corrected chi connectivity index (χ4v) is 3.86. The van der Waals surface area contributed by atoms with Gasteiger partial charge in [0.05, 0.1) is 16.0 Å². The Bertz CT molecular complexity index is 520. The molecular weight excluding hydrogens is 285 g/mol. The van der Waals surface area contributed by atoms with E-state index in [1.807, 2.05) is 12.1 Å². The second-order valence-corrected chi connectivity index (χ2v) is 6.15. The first-order valence-corrected chi connectivity index (χ1v) is 7.25. The zero-order valence-corrected chi connectivity index (χ0v) is 11.9. The van der Waals surface area contributed by atoms with E-state index in [1.165, 1.54) is 0 Å². The first-order valence-electron chi connectivity index (χ1n) is 6.49. The Morgan fingerprint density at radius 2 is 2.16 bits per heavy atom. The number of nitrogens with zero attached hydrogens (tertiary/aromatic N) is 1. The van der Waals surface area contributed by atoms with Crippen LogP contribution in [0, 0.1) is 5.92 Å². The Morgan fingerprint density at radius 1 is 1.37 bits per heavy atom. The molecule has 2 aliphatic rings. The first kappa shape index (κ1) is 13.2. The van der Waals surface area contributed by atoms with Crippen LogP contribution in [0.2, 0.25) is 10.0 Å². The number of hydrogen-bond acceptors (Lipinski definition) is 2. The van der Waals surface area contributed by atoms with E-state index in [2.05, 4.69) is 4.90 Å². The average molecular weight is 300 g/mol. The largest absolute Gasteiger partial charge is 0.481 e. The van der Waals surface area contributed by atoms with E-state index in [9.17, 15) is 9.90 Å². The van der Waals surface area contributed by atoms with Crippen LogP contribution in [0.5, 0.6) is 0 Å². The van der Waals surface area contributed by atoms with E-state index in [-0.39, 0.29) is 12.0 Å². The number of aliphatic carboxylic acids is 1. The summed E-state index contributed by atoms with van der Waals surface area (Å²) in [4.78, 5) is 13.5. The van der Waals surface area contributed by atoms with E-state index >= 15 is 0 Å². The molecule has 2 saturated heterocycles. The molecule has 0 aliphatic carbocycles. The molecular formula is C14H15Cl2NO2. The third-order valence-corrected chi connectivity index (χ3v) is 5.24. The van der Waals surface area contributed by atoms with Crippen LogP contribution < -0.4 is 0 Å². The van der Waals surface area contributed by atoms with Gasteiger partial charge in [0, 0.05) is 18.6 Å². The summed E-state index contributed by atoms with van der Waals surface area (Å²) in [6.07, 6.45) is 2.82. The second kappa shape index (κ2) is 4.97.